The van der Waals surface area contributed by atoms with Crippen molar-refractivity contribution in [3.05, 3.63) is 59.1 Å². The average molecular weight is 443 g/mol. The first-order valence-electron chi connectivity index (χ1n) is 10.1. The highest BCUT2D eigenvalue weighted by Gasteiger charge is 2.39. The molecule has 0 radical (unpaired) electrons. The van der Waals surface area contributed by atoms with Gasteiger partial charge in [-0.25, -0.2) is 4.79 Å². The maximum atomic E-state index is 12.8. The molecular formula is C22H23ClN4O4. The van der Waals surface area contributed by atoms with E-state index in [-0.39, 0.29) is 18.9 Å². The van der Waals surface area contributed by atoms with Gasteiger partial charge in [0.05, 0.1) is 6.10 Å². The van der Waals surface area contributed by atoms with Crippen molar-refractivity contribution in [3.63, 3.8) is 0 Å². The third-order valence-corrected chi connectivity index (χ3v) is 5.73. The molecule has 0 bridgehead atoms. The molecule has 2 heterocycles. The molecule has 2 aromatic carbocycles. The minimum absolute atomic E-state index is 0.0203. The van der Waals surface area contributed by atoms with Gasteiger partial charge in [-0.1, -0.05) is 11.6 Å². The molecule has 0 unspecified atom stereocenters. The number of hydrogen-bond acceptors (Lipinski definition) is 4. The zero-order valence-corrected chi connectivity index (χ0v) is 17.5. The van der Waals surface area contributed by atoms with Gasteiger partial charge >= 0.3 is 6.03 Å². The molecule has 0 aliphatic carbocycles. The lowest BCUT2D eigenvalue weighted by Crippen LogP contribution is -2.45. The van der Waals surface area contributed by atoms with E-state index in [1.165, 1.54) is 4.90 Å². The van der Waals surface area contributed by atoms with E-state index in [9.17, 15) is 19.5 Å². The highest BCUT2D eigenvalue weighted by molar-refractivity contribution is 6.30. The van der Waals surface area contributed by atoms with E-state index in [4.69, 9.17) is 11.6 Å². The number of carbonyl (C=O) groups excluding carboxylic acids is 3. The quantitative estimate of drug-likeness (QED) is 0.677. The summed E-state index contributed by atoms with van der Waals surface area (Å²) in [4.78, 5) is 40.8. The van der Waals surface area contributed by atoms with Gasteiger partial charge in [0.15, 0.2) is 0 Å². The second-order valence-electron chi connectivity index (χ2n) is 7.71. The van der Waals surface area contributed by atoms with Crippen molar-refractivity contribution >= 4 is 40.8 Å². The number of carbonyl (C=O) groups is 3. The maximum absolute atomic E-state index is 12.8. The predicted octanol–water partition coefficient (Wildman–Crippen LogP) is 2.79. The van der Waals surface area contributed by atoms with Crippen molar-refractivity contribution in [2.24, 2.45) is 0 Å². The fourth-order valence-corrected chi connectivity index (χ4v) is 3.76. The van der Waals surface area contributed by atoms with Gasteiger partial charge < -0.3 is 25.5 Å². The SMILES string of the molecule is O=C(Nc1ccc(C(=O)N2CCC2)cc1)[C@H]1C[C@@H](O)CN1C(=O)Nc1ccc(Cl)cc1. The number of hydrogen-bond donors (Lipinski definition) is 3. The van der Waals surface area contributed by atoms with Crippen LogP contribution < -0.4 is 10.6 Å². The number of β-amino-alcohol motifs (C(OH)–C–C–N with tert-alkyl or cyclic N) is 1. The number of nitrogens with one attached hydrogen (secondary N) is 2. The van der Waals surface area contributed by atoms with Gasteiger partial charge in [0.25, 0.3) is 5.91 Å². The summed E-state index contributed by atoms with van der Waals surface area (Å²) in [7, 11) is 0. The Balaban J connectivity index is 1.39. The van der Waals surface area contributed by atoms with Gasteiger partial charge in [-0.15, -0.1) is 0 Å². The van der Waals surface area contributed by atoms with E-state index in [1.807, 2.05) is 0 Å². The Labute approximate surface area is 184 Å². The Morgan fingerprint density at radius 1 is 0.935 bits per heavy atom. The zero-order chi connectivity index (χ0) is 22.0. The molecule has 0 saturated carbocycles. The van der Waals surface area contributed by atoms with Gasteiger partial charge in [-0.2, -0.15) is 0 Å². The topological polar surface area (TPSA) is 102 Å². The third kappa shape index (κ3) is 4.81. The number of rotatable bonds is 4. The lowest BCUT2D eigenvalue weighted by molar-refractivity contribution is -0.119. The molecule has 2 aliphatic heterocycles. The van der Waals surface area contributed by atoms with Crippen LogP contribution in [0.3, 0.4) is 0 Å². The number of anilines is 2. The largest absolute Gasteiger partial charge is 0.391 e. The highest BCUT2D eigenvalue weighted by Crippen LogP contribution is 2.23. The predicted molar refractivity (Wildman–Crippen MR) is 117 cm³/mol. The van der Waals surface area contributed by atoms with Crippen LogP contribution in [0.5, 0.6) is 0 Å². The number of likely N-dealkylation sites (tertiary alicyclic amines) is 2. The monoisotopic (exact) mass is 442 g/mol. The normalized spacial score (nSPS) is 20.2. The first kappa shape index (κ1) is 21.1. The summed E-state index contributed by atoms with van der Waals surface area (Å²) in [6.45, 7) is 1.60. The van der Waals surface area contributed by atoms with E-state index < -0.39 is 24.1 Å². The van der Waals surface area contributed by atoms with Crippen LogP contribution in [0.4, 0.5) is 16.2 Å². The van der Waals surface area contributed by atoms with Crippen LogP contribution in [0, 0.1) is 0 Å². The first-order chi connectivity index (χ1) is 14.9. The van der Waals surface area contributed by atoms with Crippen LogP contribution in [0.25, 0.3) is 0 Å². The smallest absolute Gasteiger partial charge is 0.322 e. The van der Waals surface area contributed by atoms with Gasteiger partial charge in [-0.05, 0) is 55.0 Å². The molecule has 9 heteroatoms. The summed E-state index contributed by atoms with van der Waals surface area (Å²) < 4.78 is 0. The molecule has 2 atom stereocenters. The molecule has 2 aromatic rings. The van der Waals surface area contributed by atoms with E-state index >= 15 is 0 Å². The molecule has 2 saturated heterocycles. The fourth-order valence-electron chi connectivity index (χ4n) is 3.64. The van der Waals surface area contributed by atoms with Gasteiger partial charge in [-0.3, -0.25) is 9.59 Å². The van der Waals surface area contributed by atoms with Crippen molar-refractivity contribution < 1.29 is 19.5 Å². The number of amides is 4. The number of urea groups is 1. The maximum Gasteiger partial charge on any atom is 0.322 e. The first-order valence-corrected chi connectivity index (χ1v) is 10.5. The van der Waals surface area contributed by atoms with Crippen LogP contribution >= 0.6 is 11.6 Å². The van der Waals surface area contributed by atoms with Crippen LogP contribution in [0.15, 0.2) is 48.5 Å². The number of nitrogens with zero attached hydrogens (tertiary/aromatic N) is 2. The number of aliphatic hydroxyl groups excluding tert-OH is 1. The van der Waals surface area contributed by atoms with E-state index in [2.05, 4.69) is 10.6 Å². The molecule has 0 aromatic heterocycles. The number of halogens is 1. The average Bonchev–Trinajstić information content (AvgIpc) is 3.11. The summed E-state index contributed by atoms with van der Waals surface area (Å²) in [5, 5.41) is 16.1. The van der Waals surface area contributed by atoms with Crippen LogP contribution in [0.1, 0.15) is 23.2 Å². The third-order valence-electron chi connectivity index (χ3n) is 5.48. The Kier molecular flexibility index (Phi) is 6.11. The molecule has 2 fully saturated rings. The molecule has 2 aliphatic rings. The van der Waals surface area contributed by atoms with E-state index in [0.717, 1.165) is 19.5 Å². The molecule has 31 heavy (non-hydrogen) atoms. The van der Waals surface area contributed by atoms with Crippen molar-refractivity contribution in [2.45, 2.75) is 25.0 Å². The Morgan fingerprint density at radius 2 is 1.55 bits per heavy atom. The van der Waals surface area contributed by atoms with E-state index in [0.29, 0.717) is 22.0 Å². The highest BCUT2D eigenvalue weighted by atomic mass is 35.5. The Morgan fingerprint density at radius 3 is 2.16 bits per heavy atom. The van der Waals surface area contributed by atoms with Crippen LogP contribution in [0.2, 0.25) is 5.02 Å². The van der Waals surface area contributed by atoms with Gasteiger partial charge in [0, 0.05) is 48.0 Å². The van der Waals surface area contributed by atoms with Gasteiger partial charge in [0.2, 0.25) is 5.91 Å². The minimum Gasteiger partial charge on any atom is -0.391 e. The molecule has 4 amide bonds. The summed E-state index contributed by atoms with van der Waals surface area (Å²) in [6.07, 6.45) is 0.379. The second kappa shape index (κ2) is 8.95. The summed E-state index contributed by atoms with van der Waals surface area (Å²) in [6, 6.07) is 12.0. The van der Waals surface area contributed by atoms with Gasteiger partial charge in [0.1, 0.15) is 6.04 Å². The molecular weight excluding hydrogens is 420 g/mol. The lowest BCUT2D eigenvalue weighted by Gasteiger charge is -2.30. The summed E-state index contributed by atoms with van der Waals surface area (Å²) >= 11 is 5.86. The molecule has 3 N–H and O–H groups in total. The van der Waals surface area contributed by atoms with E-state index in [1.54, 1.807) is 53.4 Å². The molecule has 162 valence electrons. The molecule has 4 rings (SSSR count). The van der Waals surface area contributed by atoms with Crippen molar-refractivity contribution in [3.8, 4) is 0 Å². The number of aliphatic hydroxyl groups is 1. The molecule has 0 spiro atoms. The Bertz CT molecular complexity index is 976. The van der Waals surface area contributed by atoms with Crippen molar-refractivity contribution in [1.29, 1.82) is 0 Å². The summed E-state index contributed by atoms with van der Waals surface area (Å²) in [5.41, 5.74) is 1.62. The summed E-state index contributed by atoms with van der Waals surface area (Å²) in [5.74, 6) is -0.419. The second-order valence-corrected chi connectivity index (χ2v) is 8.14. The van der Waals surface area contributed by atoms with Crippen LogP contribution in [-0.2, 0) is 4.79 Å². The molecule has 8 nitrogen and oxygen atoms in total. The minimum atomic E-state index is -0.815. The Hall–Kier alpha value is -3.10. The van der Waals surface area contributed by atoms with Crippen molar-refractivity contribution in [1.82, 2.24) is 9.80 Å². The van der Waals surface area contributed by atoms with Crippen LogP contribution in [-0.4, -0.2) is 64.5 Å². The standard InChI is InChI=1S/C22H23ClN4O4/c23-15-4-8-17(9-5-15)25-22(31)27-13-18(28)12-19(27)20(29)24-16-6-2-14(3-7-16)21(30)26-10-1-11-26/h2-9,18-19,28H,1,10-13H2,(H,24,29)(H,25,31)/t18-,19-/m1/s1. The van der Waals surface area contributed by atoms with Crippen molar-refractivity contribution in [2.75, 3.05) is 30.3 Å². The number of benzene rings is 2. The fraction of sp³-hybridized carbons (Fsp3) is 0.318. The lowest BCUT2D eigenvalue weighted by atomic mass is 10.1. The zero-order valence-electron chi connectivity index (χ0n) is 16.8.